The molecule has 6 heteroatoms. The van der Waals surface area contributed by atoms with Crippen LogP contribution in [0.1, 0.15) is 22.4 Å². The molecule has 1 aliphatic rings. The molecule has 0 radical (unpaired) electrons. The van der Waals surface area contributed by atoms with Crippen molar-refractivity contribution in [1.29, 1.82) is 0 Å². The van der Waals surface area contributed by atoms with Gasteiger partial charge in [-0.05, 0) is 48.2 Å². The Morgan fingerprint density at radius 1 is 1.19 bits per heavy atom. The predicted octanol–water partition coefficient (Wildman–Crippen LogP) is 4.37. The van der Waals surface area contributed by atoms with Crippen LogP contribution in [0.5, 0.6) is 0 Å². The Morgan fingerprint density at radius 3 is 2.70 bits per heavy atom. The molecule has 1 atom stereocenters. The maximum Gasteiger partial charge on any atom is 0.314 e. The monoisotopic (exact) mass is 382 g/mol. The number of benzene rings is 2. The molecule has 0 fully saturated rings. The number of fused-ring (bicyclic) bond motifs is 1. The Morgan fingerprint density at radius 2 is 1.96 bits per heavy atom. The minimum atomic E-state index is -1.25. The van der Waals surface area contributed by atoms with Crippen molar-refractivity contribution in [2.45, 2.75) is 25.2 Å². The largest absolute Gasteiger partial charge is 0.481 e. The van der Waals surface area contributed by atoms with Gasteiger partial charge in [-0.15, -0.1) is 0 Å². The van der Waals surface area contributed by atoms with Gasteiger partial charge in [0.15, 0.2) is 5.82 Å². The lowest BCUT2D eigenvalue weighted by Gasteiger charge is -2.26. The van der Waals surface area contributed by atoms with E-state index < -0.39 is 17.2 Å². The lowest BCUT2D eigenvalue weighted by Crippen LogP contribution is -2.37. The van der Waals surface area contributed by atoms with E-state index in [1.165, 1.54) is 6.07 Å². The van der Waals surface area contributed by atoms with Gasteiger partial charge >= 0.3 is 5.97 Å². The molecule has 0 unspecified atom stereocenters. The van der Waals surface area contributed by atoms with Gasteiger partial charge in [-0.25, -0.2) is 14.4 Å². The van der Waals surface area contributed by atoms with Gasteiger partial charge in [0.2, 0.25) is 0 Å². The van der Waals surface area contributed by atoms with Crippen molar-refractivity contribution >= 4 is 17.6 Å². The van der Waals surface area contributed by atoms with Crippen molar-refractivity contribution in [3.63, 3.8) is 0 Å². The number of hydrogen-bond donors (Lipinski definition) is 1. The second-order valence-corrected chi connectivity index (χ2v) is 7.21. The Balaban J connectivity index is 1.81. The van der Waals surface area contributed by atoms with Crippen LogP contribution in [0.3, 0.4) is 0 Å². The number of hydrogen-bond acceptors (Lipinski definition) is 3. The standard InChI is InChI=1S/C21H16ClFN2O2/c1-12-15(6-4-8-17(12)23)21(20(26)27)9-13-11-24-19(25-18(13)10-21)14-5-2-3-7-16(14)22/h2-8,11H,9-10H2,1H3,(H,26,27)/t21-/m0/s1. The van der Waals surface area contributed by atoms with E-state index in [-0.39, 0.29) is 12.8 Å². The van der Waals surface area contributed by atoms with Crippen molar-refractivity contribution in [2.75, 3.05) is 0 Å². The van der Waals surface area contributed by atoms with Gasteiger partial charge in [0.05, 0.1) is 5.02 Å². The molecule has 1 aliphatic carbocycles. The van der Waals surface area contributed by atoms with Crippen LogP contribution < -0.4 is 0 Å². The first-order valence-corrected chi connectivity index (χ1v) is 8.89. The highest BCUT2D eigenvalue weighted by atomic mass is 35.5. The molecule has 136 valence electrons. The van der Waals surface area contributed by atoms with Gasteiger partial charge in [-0.2, -0.15) is 0 Å². The van der Waals surface area contributed by atoms with Crippen LogP contribution >= 0.6 is 11.6 Å². The SMILES string of the molecule is Cc1c(F)cccc1[C@]1(C(=O)O)Cc2cnc(-c3ccccc3Cl)nc2C1. The van der Waals surface area contributed by atoms with E-state index in [0.717, 1.165) is 5.56 Å². The lowest BCUT2D eigenvalue weighted by molar-refractivity contribution is -0.143. The fourth-order valence-electron chi connectivity index (χ4n) is 3.77. The summed E-state index contributed by atoms with van der Waals surface area (Å²) in [5.74, 6) is -0.947. The van der Waals surface area contributed by atoms with Crippen molar-refractivity contribution < 1.29 is 14.3 Å². The van der Waals surface area contributed by atoms with Gasteiger partial charge in [0.1, 0.15) is 11.2 Å². The van der Waals surface area contributed by atoms with Gasteiger partial charge in [-0.1, -0.05) is 35.9 Å². The normalized spacial score (nSPS) is 18.3. The molecule has 0 bridgehead atoms. The van der Waals surface area contributed by atoms with Gasteiger partial charge in [0.25, 0.3) is 0 Å². The summed E-state index contributed by atoms with van der Waals surface area (Å²) >= 11 is 6.23. The van der Waals surface area contributed by atoms with Gasteiger partial charge in [0, 0.05) is 23.9 Å². The van der Waals surface area contributed by atoms with Crippen LogP contribution in [0.15, 0.2) is 48.7 Å². The third-order valence-corrected chi connectivity index (χ3v) is 5.55. The summed E-state index contributed by atoms with van der Waals surface area (Å²) in [6.45, 7) is 1.61. The van der Waals surface area contributed by atoms with Crippen LogP contribution in [0.25, 0.3) is 11.4 Å². The molecule has 0 aliphatic heterocycles. The molecule has 2 aromatic carbocycles. The Bertz CT molecular complexity index is 1070. The molecule has 1 heterocycles. The lowest BCUT2D eigenvalue weighted by atomic mass is 9.76. The number of carbonyl (C=O) groups is 1. The maximum absolute atomic E-state index is 14.1. The number of rotatable bonds is 3. The fourth-order valence-corrected chi connectivity index (χ4v) is 3.99. The zero-order valence-corrected chi connectivity index (χ0v) is 15.3. The first-order valence-electron chi connectivity index (χ1n) is 8.51. The summed E-state index contributed by atoms with van der Waals surface area (Å²) in [5.41, 5.74) is 1.70. The van der Waals surface area contributed by atoms with E-state index in [0.29, 0.717) is 33.2 Å². The molecule has 4 nitrogen and oxygen atoms in total. The molecule has 3 aromatic rings. The molecular formula is C21H16ClFN2O2. The summed E-state index contributed by atoms with van der Waals surface area (Å²) in [6.07, 6.45) is 2.06. The van der Waals surface area contributed by atoms with Gasteiger partial charge in [-0.3, -0.25) is 4.79 Å². The zero-order valence-electron chi connectivity index (χ0n) is 14.5. The van der Waals surface area contributed by atoms with Gasteiger partial charge < -0.3 is 5.11 Å². The molecule has 4 rings (SSSR count). The molecule has 0 saturated heterocycles. The Hall–Kier alpha value is -2.79. The minimum Gasteiger partial charge on any atom is -0.481 e. The van der Waals surface area contributed by atoms with E-state index in [9.17, 15) is 14.3 Å². The number of aliphatic carboxylic acids is 1. The van der Waals surface area contributed by atoms with E-state index in [1.54, 1.807) is 31.3 Å². The topological polar surface area (TPSA) is 63.1 Å². The number of carboxylic acid groups (broad SMARTS) is 1. The van der Waals surface area contributed by atoms with Crippen molar-refractivity contribution in [1.82, 2.24) is 9.97 Å². The molecular weight excluding hydrogens is 367 g/mol. The van der Waals surface area contributed by atoms with Crippen LogP contribution in [-0.2, 0) is 23.1 Å². The first-order chi connectivity index (χ1) is 12.9. The summed E-state index contributed by atoms with van der Waals surface area (Å²) in [5, 5.41) is 10.6. The molecule has 0 saturated carbocycles. The number of halogens is 2. The highest BCUT2D eigenvalue weighted by Gasteiger charge is 2.47. The maximum atomic E-state index is 14.1. The quantitative estimate of drug-likeness (QED) is 0.730. The average Bonchev–Trinajstić information content (AvgIpc) is 3.04. The van der Waals surface area contributed by atoms with E-state index in [2.05, 4.69) is 9.97 Å². The smallest absolute Gasteiger partial charge is 0.314 e. The molecule has 1 aromatic heterocycles. The van der Waals surface area contributed by atoms with Crippen molar-refractivity contribution in [3.8, 4) is 11.4 Å². The molecule has 1 N–H and O–H groups in total. The Kier molecular flexibility index (Phi) is 4.19. The number of carboxylic acids is 1. The first kappa shape index (κ1) is 17.6. The molecule has 0 spiro atoms. The van der Waals surface area contributed by atoms with Crippen LogP contribution in [0.4, 0.5) is 4.39 Å². The summed E-state index contributed by atoms with van der Waals surface area (Å²) < 4.78 is 14.1. The number of nitrogens with zero attached hydrogens (tertiary/aromatic N) is 2. The van der Waals surface area contributed by atoms with Crippen LogP contribution in [0.2, 0.25) is 5.02 Å². The minimum absolute atomic E-state index is 0.182. The van der Waals surface area contributed by atoms with Crippen LogP contribution in [0, 0.1) is 12.7 Å². The molecule has 27 heavy (non-hydrogen) atoms. The van der Waals surface area contributed by atoms with E-state index in [1.807, 2.05) is 18.2 Å². The third-order valence-electron chi connectivity index (χ3n) is 5.22. The second-order valence-electron chi connectivity index (χ2n) is 6.80. The third kappa shape index (κ3) is 2.79. The highest BCUT2D eigenvalue weighted by molar-refractivity contribution is 6.33. The van der Waals surface area contributed by atoms with Crippen LogP contribution in [-0.4, -0.2) is 21.0 Å². The summed E-state index contributed by atoms with van der Waals surface area (Å²) in [6, 6.07) is 11.8. The van der Waals surface area contributed by atoms with E-state index in [4.69, 9.17) is 11.6 Å². The number of aromatic nitrogens is 2. The molecule has 0 amide bonds. The fraction of sp³-hybridized carbons (Fsp3) is 0.190. The van der Waals surface area contributed by atoms with E-state index >= 15 is 0 Å². The zero-order chi connectivity index (χ0) is 19.2. The predicted molar refractivity (Wildman–Crippen MR) is 100 cm³/mol. The van der Waals surface area contributed by atoms with Crippen molar-refractivity contribution in [2.24, 2.45) is 0 Å². The average molecular weight is 383 g/mol. The summed E-state index contributed by atoms with van der Waals surface area (Å²) in [4.78, 5) is 21.2. The highest BCUT2D eigenvalue weighted by Crippen LogP contribution is 2.41. The second kappa shape index (κ2) is 6.43. The van der Waals surface area contributed by atoms with Crippen molar-refractivity contribution in [3.05, 3.63) is 81.9 Å². The summed E-state index contributed by atoms with van der Waals surface area (Å²) in [7, 11) is 0. The Labute approximate surface area is 160 Å².